The molecule has 0 radical (unpaired) electrons. The van der Waals surface area contributed by atoms with Crippen LogP contribution in [0.4, 0.5) is 0 Å². The third-order valence-corrected chi connectivity index (χ3v) is 6.83. The summed E-state index contributed by atoms with van der Waals surface area (Å²) in [4.78, 5) is 13.4. The molecule has 2 aromatic rings. The number of ether oxygens (including phenoxy) is 1. The highest BCUT2D eigenvalue weighted by atomic mass is 32.2. The van der Waals surface area contributed by atoms with E-state index in [0.29, 0.717) is 5.75 Å². The third-order valence-electron chi connectivity index (χ3n) is 5.74. The fourth-order valence-electron chi connectivity index (χ4n) is 3.97. The Morgan fingerprint density at radius 1 is 1.17 bits per heavy atom. The van der Waals surface area contributed by atoms with Crippen molar-refractivity contribution in [1.82, 2.24) is 5.32 Å². The fourth-order valence-corrected chi connectivity index (χ4v) is 4.95. The lowest BCUT2D eigenvalue weighted by Gasteiger charge is -2.18. The standard InChI is InChI=1S/C26H31NO2S/c1-26(2,3)25(28)29-21-10-11-23-22(5-4-14-30-24(23)16-21)20-8-6-18(7-9-20)15-19-12-13-27-17-19/h5-11,16,19,27H,4,12-15,17H2,1-3H3. The molecule has 4 rings (SSSR count). The van der Waals surface area contributed by atoms with Gasteiger partial charge in [0.25, 0.3) is 0 Å². The number of hydrogen-bond donors (Lipinski definition) is 1. The number of carbonyl (C=O) groups is 1. The Balaban J connectivity index is 1.55. The average Bonchev–Trinajstić information content (AvgIpc) is 3.13. The smallest absolute Gasteiger partial charge is 0.316 e. The summed E-state index contributed by atoms with van der Waals surface area (Å²) in [5.74, 6) is 2.21. The van der Waals surface area contributed by atoms with E-state index in [1.165, 1.54) is 33.6 Å². The van der Waals surface area contributed by atoms with E-state index >= 15 is 0 Å². The van der Waals surface area contributed by atoms with Gasteiger partial charge in [-0.15, -0.1) is 11.8 Å². The SMILES string of the molecule is CC(C)(C)C(=O)Oc1ccc2c(c1)SCCC=C2c1ccc(CC2CCNC2)cc1. The summed E-state index contributed by atoms with van der Waals surface area (Å²) in [6.45, 7) is 7.92. The largest absolute Gasteiger partial charge is 0.426 e. The van der Waals surface area contributed by atoms with Crippen LogP contribution in [-0.4, -0.2) is 24.8 Å². The molecule has 1 unspecified atom stereocenters. The molecule has 4 heteroatoms. The van der Waals surface area contributed by atoms with Crippen molar-refractivity contribution in [2.24, 2.45) is 11.3 Å². The Kier molecular flexibility index (Phi) is 6.35. The maximum Gasteiger partial charge on any atom is 0.316 e. The average molecular weight is 422 g/mol. The Bertz CT molecular complexity index is 934. The van der Waals surface area contributed by atoms with Crippen molar-refractivity contribution in [3.8, 4) is 5.75 Å². The zero-order valence-corrected chi connectivity index (χ0v) is 19.0. The minimum Gasteiger partial charge on any atom is -0.426 e. The van der Waals surface area contributed by atoms with Crippen LogP contribution < -0.4 is 10.1 Å². The number of fused-ring (bicyclic) bond motifs is 1. The Hall–Kier alpha value is -2.04. The fraction of sp³-hybridized carbons (Fsp3) is 0.423. The quantitative estimate of drug-likeness (QED) is 0.506. The lowest BCUT2D eigenvalue weighted by Crippen LogP contribution is -2.25. The van der Waals surface area contributed by atoms with Gasteiger partial charge in [0.2, 0.25) is 0 Å². The van der Waals surface area contributed by atoms with Crippen molar-refractivity contribution in [1.29, 1.82) is 0 Å². The van der Waals surface area contributed by atoms with Crippen molar-refractivity contribution < 1.29 is 9.53 Å². The number of hydrogen-bond acceptors (Lipinski definition) is 4. The highest BCUT2D eigenvalue weighted by molar-refractivity contribution is 7.99. The van der Waals surface area contributed by atoms with E-state index in [4.69, 9.17) is 4.74 Å². The summed E-state index contributed by atoms with van der Waals surface area (Å²) in [5.41, 5.74) is 4.66. The predicted molar refractivity (Wildman–Crippen MR) is 125 cm³/mol. The van der Waals surface area contributed by atoms with E-state index in [2.05, 4.69) is 41.7 Å². The molecule has 2 aliphatic rings. The maximum absolute atomic E-state index is 12.3. The Labute approximate surface area is 184 Å². The summed E-state index contributed by atoms with van der Waals surface area (Å²) in [5, 5.41) is 3.46. The van der Waals surface area contributed by atoms with E-state index in [-0.39, 0.29) is 5.97 Å². The number of carbonyl (C=O) groups excluding carboxylic acids is 1. The van der Waals surface area contributed by atoms with E-state index < -0.39 is 5.41 Å². The van der Waals surface area contributed by atoms with Gasteiger partial charge in [0, 0.05) is 10.6 Å². The molecule has 2 heterocycles. The minimum absolute atomic E-state index is 0.204. The summed E-state index contributed by atoms with van der Waals surface area (Å²) in [6, 6.07) is 15.1. The molecule has 158 valence electrons. The van der Waals surface area contributed by atoms with Crippen LogP contribution in [0.3, 0.4) is 0 Å². The Morgan fingerprint density at radius 2 is 1.97 bits per heavy atom. The number of thioether (sulfide) groups is 1. The first kappa shape index (κ1) is 21.2. The molecule has 1 atom stereocenters. The highest BCUT2D eigenvalue weighted by Gasteiger charge is 2.24. The summed E-state index contributed by atoms with van der Waals surface area (Å²) < 4.78 is 5.63. The van der Waals surface area contributed by atoms with Gasteiger partial charge in [-0.3, -0.25) is 4.79 Å². The lowest BCUT2D eigenvalue weighted by molar-refractivity contribution is -0.143. The molecule has 0 aliphatic carbocycles. The second-order valence-electron chi connectivity index (χ2n) is 9.31. The van der Waals surface area contributed by atoms with Crippen LogP contribution in [0.5, 0.6) is 5.75 Å². The van der Waals surface area contributed by atoms with Gasteiger partial charge < -0.3 is 10.1 Å². The Morgan fingerprint density at radius 3 is 2.67 bits per heavy atom. The third kappa shape index (κ3) is 4.98. The molecule has 0 amide bonds. The van der Waals surface area contributed by atoms with Gasteiger partial charge in [-0.2, -0.15) is 0 Å². The summed E-state index contributed by atoms with van der Waals surface area (Å²) >= 11 is 1.83. The molecule has 0 aromatic heterocycles. The van der Waals surface area contributed by atoms with E-state index in [9.17, 15) is 4.79 Å². The molecule has 2 aliphatic heterocycles. The molecule has 3 nitrogen and oxygen atoms in total. The zero-order valence-electron chi connectivity index (χ0n) is 18.2. The number of benzene rings is 2. The monoisotopic (exact) mass is 421 g/mol. The number of allylic oxidation sites excluding steroid dienone is 1. The molecule has 0 bridgehead atoms. The normalized spacial score (nSPS) is 19.0. The van der Waals surface area contributed by atoms with Gasteiger partial charge in [0.1, 0.15) is 5.75 Å². The van der Waals surface area contributed by atoms with Crippen molar-refractivity contribution in [2.75, 3.05) is 18.8 Å². The van der Waals surface area contributed by atoms with Crippen LogP contribution in [0, 0.1) is 11.3 Å². The van der Waals surface area contributed by atoms with Crippen LogP contribution in [0.25, 0.3) is 5.57 Å². The molecule has 1 fully saturated rings. The van der Waals surface area contributed by atoms with Gasteiger partial charge in [0.15, 0.2) is 0 Å². The summed E-state index contributed by atoms with van der Waals surface area (Å²) in [6.07, 6.45) is 5.80. The first-order chi connectivity index (χ1) is 14.4. The molecule has 2 aromatic carbocycles. The maximum atomic E-state index is 12.3. The summed E-state index contributed by atoms with van der Waals surface area (Å²) in [7, 11) is 0. The first-order valence-electron chi connectivity index (χ1n) is 10.9. The van der Waals surface area contributed by atoms with Crippen molar-refractivity contribution in [2.45, 2.75) is 44.9 Å². The first-order valence-corrected chi connectivity index (χ1v) is 11.9. The van der Waals surface area contributed by atoms with Crippen LogP contribution in [0.2, 0.25) is 0 Å². The number of rotatable bonds is 4. The van der Waals surface area contributed by atoms with Gasteiger partial charge >= 0.3 is 5.97 Å². The van der Waals surface area contributed by atoms with E-state index in [0.717, 1.165) is 37.6 Å². The molecule has 0 spiro atoms. The lowest BCUT2D eigenvalue weighted by atomic mass is 9.93. The number of esters is 1. The highest BCUT2D eigenvalue weighted by Crippen LogP contribution is 2.38. The number of nitrogens with one attached hydrogen (secondary N) is 1. The van der Waals surface area contributed by atoms with Crippen molar-refractivity contribution in [3.63, 3.8) is 0 Å². The van der Waals surface area contributed by atoms with Crippen molar-refractivity contribution in [3.05, 3.63) is 65.2 Å². The van der Waals surface area contributed by atoms with Gasteiger partial charge in [-0.05, 0) is 99.5 Å². The predicted octanol–water partition coefficient (Wildman–Crippen LogP) is 5.72. The molecular formula is C26H31NO2S. The second kappa shape index (κ2) is 8.99. The van der Waals surface area contributed by atoms with Crippen LogP contribution in [0.1, 0.15) is 50.3 Å². The second-order valence-corrected chi connectivity index (χ2v) is 10.4. The van der Waals surface area contributed by atoms with E-state index in [1.807, 2.05) is 44.7 Å². The molecular weight excluding hydrogens is 390 g/mol. The van der Waals surface area contributed by atoms with Gasteiger partial charge in [0.05, 0.1) is 5.41 Å². The van der Waals surface area contributed by atoms with Crippen molar-refractivity contribution >= 4 is 23.3 Å². The molecule has 30 heavy (non-hydrogen) atoms. The molecule has 0 saturated carbocycles. The van der Waals surface area contributed by atoms with E-state index in [1.54, 1.807) is 0 Å². The van der Waals surface area contributed by atoms with Crippen LogP contribution in [0.15, 0.2) is 53.4 Å². The topological polar surface area (TPSA) is 38.3 Å². The van der Waals surface area contributed by atoms with Crippen LogP contribution in [-0.2, 0) is 11.2 Å². The van der Waals surface area contributed by atoms with Gasteiger partial charge in [-0.1, -0.05) is 30.3 Å². The molecule has 1 N–H and O–H groups in total. The molecule has 1 saturated heterocycles. The van der Waals surface area contributed by atoms with Gasteiger partial charge in [-0.25, -0.2) is 0 Å². The minimum atomic E-state index is -0.513. The van der Waals surface area contributed by atoms with Crippen LogP contribution >= 0.6 is 11.8 Å². The zero-order chi connectivity index (χ0) is 21.1.